The molecule has 0 unspecified atom stereocenters. The van der Waals surface area contributed by atoms with Crippen LogP contribution in [0.3, 0.4) is 0 Å². The average Bonchev–Trinajstić information content (AvgIpc) is 2.89. The fourth-order valence-electron chi connectivity index (χ4n) is 6.58. The molecule has 2 fully saturated rings. The minimum atomic E-state index is -0.900. The van der Waals surface area contributed by atoms with Crippen LogP contribution in [0.5, 0.6) is 0 Å². The van der Waals surface area contributed by atoms with Gasteiger partial charge in [0.2, 0.25) is 0 Å². The van der Waals surface area contributed by atoms with Crippen LogP contribution >= 0.6 is 0 Å². The lowest BCUT2D eigenvalue weighted by Crippen LogP contribution is -2.28. The summed E-state index contributed by atoms with van der Waals surface area (Å²) < 4.78 is 15.0. The third kappa shape index (κ3) is 6.73. The van der Waals surface area contributed by atoms with E-state index in [0.717, 1.165) is 56.8 Å². The molecule has 0 spiro atoms. The summed E-state index contributed by atoms with van der Waals surface area (Å²) in [6.07, 6.45) is 17.5. The van der Waals surface area contributed by atoms with Gasteiger partial charge in [0.15, 0.2) is 0 Å². The highest BCUT2D eigenvalue weighted by molar-refractivity contribution is 5.64. The molecule has 0 aliphatic heterocycles. The summed E-state index contributed by atoms with van der Waals surface area (Å²) in [7, 11) is 0. The van der Waals surface area contributed by atoms with E-state index >= 15 is 0 Å². The molecule has 0 heterocycles. The Morgan fingerprint density at radius 2 is 1.15 bits per heavy atom. The lowest BCUT2D eigenvalue weighted by atomic mass is 9.75. The Hall–Kier alpha value is -1.63. The molecule has 2 aromatic rings. The number of hydrogen-bond donors (Lipinski definition) is 0. The second kappa shape index (κ2) is 12.4. The first-order valence-electron chi connectivity index (χ1n) is 14.5. The van der Waals surface area contributed by atoms with Gasteiger partial charge in [-0.2, -0.15) is 0 Å². The van der Waals surface area contributed by atoms with Gasteiger partial charge in [0.25, 0.3) is 0 Å². The van der Waals surface area contributed by atoms with Crippen LogP contribution in [0.15, 0.2) is 48.5 Å². The molecule has 0 saturated heterocycles. The standard InChI is InChI=1S/C33H47F/c1-3-5-7-8-26-9-11-27(12-10-26)28-13-15-29(16-14-28)30-17-19-31(20-18-30)32-21-24-33(34,25-22-32)23-6-4-2/h13-20,26-27,32H,3-12,21-25H2,1-2H3/t26-,27-,32?,33?. The van der Waals surface area contributed by atoms with Crippen LogP contribution in [0.25, 0.3) is 11.1 Å². The number of unbranched alkanes of at least 4 members (excludes halogenated alkanes) is 3. The van der Waals surface area contributed by atoms with E-state index < -0.39 is 5.67 Å². The van der Waals surface area contributed by atoms with Crippen molar-refractivity contribution in [2.24, 2.45) is 5.92 Å². The largest absolute Gasteiger partial charge is 0.244 e. The summed E-state index contributed by atoms with van der Waals surface area (Å²) in [5, 5.41) is 0. The molecule has 4 rings (SSSR count). The van der Waals surface area contributed by atoms with Crippen LogP contribution in [-0.2, 0) is 0 Å². The Morgan fingerprint density at radius 3 is 1.65 bits per heavy atom. The molecule has 2 aliphatic rings. The molecule has 0 amide bonds. The van der Waals surface area contributed by atoms with Crippen molar-refractivity contribution in [1.29, 1.82) is 0 Å². The van der Waals surface area contributed by atoms with Crippen LogP contribution in [0, 0.1) is 5.92 Å². The van der Waals surface area contributed by atoms with Crippen molar-refractivity contribution < 1.29 is 4.39 Å². The van der Waals surface area contributed by atoms with Crippen LogP contribution < -0.4 is 0 Å². The van der Waals surface area contributed by atoms with E-state index in [2.05, 4.69) is 62.4 Å². The highest BCUT2D eigenvalue weighted by Gasteiger charge is 2.35. The quantitative estimate of drug-likeness (QED) is 0.308. The maximum Gasteiger partial charge on any atom is 0.111 e. The minimum absolute atomic E-state index is 0.527. The van der Waals surface area contributed by atoms with Gasteiger partial charge in [-0.05, 0) is 97.8 Å². The fraction of sp³-hybridized carbons (Fsp3) is 0.636. The summed E-state index contributed by atoms with van der Waals surface area (Å²) in [6.45, 7) is 4.46. The summed E-state index contributed by atoms with van der Waals surface area (Å²) in [5.74, 6) is 2.26. The van der Waals surface area contributed by atoms with Gasteiger partial charge in [-0.1, -0.05) is 101 Å². The summed E-state index contributed by atoms with van der Waals surface area (Å²) in [5.41, 5.74) is 4.65. The highest BCUT2D eigenvalue weighted by Crippen LogP contribution is 2.43. The zero-order chi connectivity index (χ0) is 23.8. The molecule has 0 nitrogen and oxygen atoms in total. The van der Waals surface area contributed by atoms with Crippen molar-refractivity contribution in [1.82, 2.24) is 0 Å². The van der Waals surface area contributed by atoms with Crippen LogP contribution in [0.1, 0.15) is 133 Å². The number of rotatable bonds is 10. The highest BCUT2D eigenvalue weighted by atomic mass is 19.1. The number of alkyl halides is 1. The summed E-state index contributed by atoms with van der Waals surface area (Å²) in [6, 6.07) is 18.6. The molecule has 1 heteroatoms. The zero-order valence-corrected chi connectivity index (χ0v) is 21.8. The van der Waals surface area contributed by atoms with Crippen molar-refractivity contribution in [2.75, 3.05) is 0 Å². The number of hydrogen-bond acceptors (Lipinski definition) is 0. The van der Waals surface area contributed by atoms with E-state index in [9.17, 15) is 4.39 Å². The van der Waals surface area contributed by atoms with E-state index in [1.807, 2.05) is 0 Å². The van der Waals surface area contributed by atoms with Crippen LogP contribution in [-0.4, -0.2) is 5.67 Å². The van der Waals surface area contributed by atoms with Crippen molar-refractivity contribution in [3.8, 4) is 11.1 Å². The van der Waals surface area contributed by atoms with Gasteiger partial charge in [-0.15, -0.1) is 0 Å². The third-order valence-electron chi connectivity index (χ3n) is 9.02. The molecule has 2 aromatic carbocycles. The van der Waals surface area contributed by atoms with Gasteiger partial charge >= 0.3 is 0 Å². The monoisotopic (exact) mass is 462 g/mol. The second-order valence-corrected chi connectivity index (χ2v) is 11.5. The van der Waals surface area contributed by atoms with Crippen molar-refractivity contribution in [3.05, 3.63) is 59.7 Å². The average molecular weight is 463 g/mol. The third-order valence-corrected chi connectivity index (χ3v) is 9.02. The first-order valence-corrected chi connectivity index (χ1v) is 14.5. The van der Waals surface area contributed by atoms with Crippen LogP contribution in [0.4, 0.5) is 4.39 Å². The topological polar surface area (TPSA) is 0 Å². The first-order chi connectivity index (χ1) is 16.6. The predicted octanol–water partition coefficient (Wildman–Crippen LogP) is 10.8. The molecule has 0 aromatic heterocycles. The first kappa shape index (κ1) is 25.5. The van der Waals surface area contributed by atoms with Gasteiger partial charge in [-0.25, -0.2) is 4.39 Å². The summed E-state index contributed by atoms with van der Waals surface area (Å²) in [4.78, 5) is 0. The molecule has 0 radical (unpaired) electrons. The molecule has 2 saturated carbocycles. The predicted molar refractivity (Wildman–Crippen MR) is 145 cm³/mol. The van der Waals surface area contributed by atoms with Crippen molar-refractivity contribution in [2.45, 2.75) is 128 Å². The number of halogens is 1. The fourth-order valence-corrected chi connectivity index (χ4v) is 6.58. The lowest BCUT2D eigenvalue weighted by Gasteiger charge is -2.34. The Labute approximate surface area is 208 Å². The van der Waals surface area contributed by atoms with E-state index in [1.165, 1.54) is 73.6 Å². The Balaban J connectivity index is 1.28. The van der Waals surface area contributed by atoms with Gasteiger partial charge in [0.1, 0.15) is 5.67 Å². The molecular weight excluding hydrogens is 415 g/mol. The van der Waals surface area contributed by atoms with Gasteiger partial charge in [0.05, 0.1) is 0 Å². The molecule has 0 atom stereocenters. The van der Waals surface area contributed by atoms with E-state index in [1.54, 1.807) is 0 Å². The van der Waals surface area contributed by atoms with Crippen molar-refractivity contribution in [3.63, 3.8) is 0 Å². The van der Waals surface area contributed by atoms with Crippen LogP contribution in [0.2, 0.25) is 0 Å². The van der Waals surface area contributed by atoms with Gasteiger partial charge < -0.3 is 0 Å². The van der Waals surface area contributed by atoms with Crippen molar-refractivity contribution >= 4 is 0 Å². The zero-order valence-electron chi connectivity index (χ0n) is 21.8. The van der Waals surface area contributed by atoms with E-state index in [4.69, 9.17) is 0 Å². The SMILES string of the molecule is CCCCC[C@H]1CC[C@H](c2ccc(-c3ccc(C4CCC(F)(CCCC)CC4)cc3)cc2)CC1. The Morgan fingerprint density at radius 1 is 0.647 bits per heavy atom. The molecular formula is C33H47F. The molecule has 0 N–H and O–H groups in total. The molecule has 0 bridgehead atoms. The smallest absolute Gasteiger partial charge is 0.111 e. The number of benzene rings is 2. The molecule has 34 heavy (non-hydrogen) atoms. The summed E-state index contributed by atoms with van der Waals surface area (Å²) >= 11 is 0. The van der Waals surface area contributed by atoms with Gasteiger partial charge in [-0.3, -0.25) is 0 Å². The van der Waals surface area contributed by atoms with E-state index in [0.29, 0.717) is 5.92 Å². The van der Waals surface area contributed by atoms with Gasteiger partial charge in [0, 0.05) is 0 Å². The van der Waals surface area contributed by atoms with E-state index in [-0.39, 0.29) is 0 Å². The normalized spacial score (nSPS) is 27.6. The lowest BCUT2D eigenvalue weighted by molar-refractivity contribution is 0.0856. The minimum Gasteiger partial charge on any atom is -0.244 e. The second-order valence-electron chi connectivity index (χ2n) is 11.5. The molecule has 2 aliphatic carbocycles. The maximum atomic E-state index is 15.0. The Kier molecular flexibility index (Phi) is 9.26. The maximum absolute atomic E-state index is 15.0. The Bertz CT molecular complexity index is 833. The molecule has 186 valence electrons.